The van der Waals surface area contributed by atoms with Gasteiger partial charge in [-0.05, 0) is 43.4 Å². The monoisotopic (exact) mass is 451 g/mol. The van der Waals surface area contributed by atoms with Gasteiger partial charge in [0, 0.05) is 57.6 Å². The van der Waals surface area contributed by atoms with E-state index in [0.29, 0.717) is 13.1 Å². The Morgan fingerprint density at radius 1 is 0.970 bits per heavy atom. The lowest BCUT2D eigenvalue weighted by Crippen LogP contribution is -2.48. The van der Waals surface area contributed by atoms with E-state index in [-0.39, 0.29) is 11.8 Å². The normalized spacial score (nSPS) is 21.0. The molecular weight excluding hydrogens is 418 g/mol. The standard InChI is InChI=1S/C25H33N5O3/c26-24(32)25(8-9-25)19-5-6-21(22(17-19)29-10-3-1-2-4-11-29)23(31)30-14-12-28(13-15-30)18-20-7-16-33-27-20/h5-7,16-17H,1-4,8-15,18H2,(H2,26,32). The van der Waals surface area contributed by atoms with Crippen molar-refractivity contribution in [3.8, 4) is 0 Å². The fourth-order valence-corrected chi connectivity index (χ4v) is 5.21. The van der Waals surface area contributed by atoms with Gasteiger partial charge in [-0.25, -0.2) is 0 Å². The van der Waals surface area contributed by atoms with E-state index in [2.05, 4.69) is 21.0 Å². The first kappa shape index (κ1) is 21.9. The van der Waals surface area contributed by atoms with Crippen LogP contribution in [0.1, 0.15) is 60.1 Å². The Bertz CT molecular complexity index is 985. The molecule has 2 aliphatic heterocycles. The third-order valence-electron chi connectivity index (χ3n) is 7.49. The third kappa shape index (κ3) is 4.49. The summed E-state index contributed by atoms with van der Waals surface area (Å²) in [6, 6.07) is 7.85. The maximum Gasteiger partial charge on any atom is 0.256 e. The molecule has 3 fully saturated rings. The molecule has 3 heterocycles. The number of carbonyl (C=O) groups excluding carboxylic acids is 2. The highest BCUT2D eigenvalue weighted by atomic mass is 16.5. The quantitative estimate of drug-likeness (QED) is 0.725. The molecule has 1 saturated carbocycles. The van der Waals surface area contributed by atoms with E-state index in [1.165, 1.54) is 12.8 Å². The van der Waals surface area contributed by atoms with Crippen LogP contribution in [0.2, 0.25) is 0 Å². The molecule has 1 aromatic carbocycles. The first-order valence-electron chi connectivity index (χ1n) is 12.2. The SMILES string of the molecule is NC(=O)C1(c2ccc(C(=O)N3CCN(Cc4ccon4)CC3)c(N3CCCCCC3)c2)CC1. The maximum absolute atomic E-state index is 13.6. The summed E-state index contributed by atoms with van der Waals surface area (Å²) in [5, 5.41) is 3.99. The fraction of sp³-hybridized carbons (Fsp3) is 0.560. The second-order valence-electron chi connectivity index (χ2n) is 9.64. The van der Waals surface area contributed by atoms with Crippen molar-refractivity contribution in [2.24, 2.45) is 5.73 Å². The summed E-state index contributed by atoms with van der Waals surface area (Å²) in [5.74, 6) is -0.183. The highest BCUT2D eigenvalue weighted by Gasteiger charge is 2.50. The fourth-order valence-electron chi connectivity index (χ4n) is 5.21. The van der Waals surface area contributed by atoms with Gasteiger partial charge in [-0.15, -0.1) is 0 Å². The van der Waals surface area contributed by atoms with Crippen LogP contribution in [0.25, 0.3) is 0 Å². The van der Waals surface area contributed by atoms with E-state index in [1.54, 1.807) is 6.26 Å². The Labute approximate surface area is 194 Å². The highest BCUT2D eigenvalue weighted by molar-refractivity contribution is 6.00. The number of hydrogen-bond donors (Lipinski definition) is 1. The first-order valence-corrected chi connectivity index (χ1v) is 12.2. The van der Waals surface area contributed by atoms with Gasteiger partial charge >= 0.3 is 0 Å². The van der Waals surface area contributed by atoms with Gasteiger partial charge in [-0.2, -0.15) is 0 Å². The highest BCUT2D eigenvalue weighted by Crippen LogP contribution is 2.49. The van der Waals surface area contributed by atoms with Crippen molar-refractivity contribution >= 4 is 17.5 Å². The largest absolute Gasteiger partial charge is 0.371 e. The van der Waals surface area contributed by atoms with Crippen LogP contribution < -0.4 is 10.6 Å². The number of anilines is 1. The molecule has 0 atom stereocenters. The third-order valence-corrected chi connectivity index (χ3v) is 7.49. The van der Waals surface area contributed by atoms with E-state index in [9.17, 15) is 9.59 Å². The number of amides is 2. The first-order chi connectivity index (χ1) is 16.1. The summed E-state index contributed by atoms with van der Waals surface area (Å²) < 4.78 is 4.93. The van der Waals surface area contributed by atoms with Crippen molar-refractivity contribution < 1.29 is 14.1 Å². The molecule has 5 rings (SSSR count). The van der Waals surface area contributed by atoms with Gasteiger partial charge in [-0.3, -0.25) is 14.5 Å². The molecule has 2 saturated heterocycles. The molecule has 2 N–H and O–H groups in total. The molecule has 1 aromatic heterocycles. The lowest BCUT2D eigenvalue weighted by atomic mass is 9.92. The molecule has 0 unspecified atom stereocenters. The van der Waals surface area contributed by atoms with Gasteiger partial charge in [0.1, 0.15) is 6.26 Å². The van der Waals surface area contributed by atoms with Crippen LogP contribution in [0, 0.1) is 0 Å². The molecule has 8 nitrogen and oxygen atoms in total. The molecule has 0 radical (unpaired) electrons. The van der Waals surface area contributed by atoms with Gasteiger partial charge in [-0.1, -0.05) is 24.1 Å². The Morgan fingerprint density at radius 2 is 1.70 bits per heavy atom. The summed E-state index contributed by atoms with van der Waals surface area (Å²) in [4.78, 5) is 32.4. The van der Waals surface area contributed by atoms with Crippen molar-refractivity contribution in [2.45, 2.75) is 50.5 Å². The van der Waals surface area contributed by atoms with Crippen molar-refractivity contribution in [2.75, 3.05) is 44.2 Å². The number of hydrogen-bond acceptors (Lipinski definition) is 6. The van der Waals surface area contributed by atoms with Crippen molar-refractivity contribution in [1.82, 2.24) is 15.0 Å². The smallest absolute Gasteiger partial charge is 0.256 e. The number of nitrogens with zero attached hydrogens (tertiary/aromatic N) is 4. The van der Waals surface area contributed by atoms with Crippen LogP contribution in [0.3, 0.4) is 0 Å². The van der Waals surface area contributed by atoms with Crippen LogP contribution in [-0.2, 0) is 16.8 Å². The number of benzene rings is 1. The van der Waals surface area contributed by atoms with E-state index < -0.39 is 5.41 Å². The lowest BCUT2D eigenvalue weighted by molar-refractivity contribution is -0.120. The minimum absolute atomic E-state index is 0.0748. The molecule has 176 valence electrons. The van der Waals surface area contributed by atoms with Crippen molar-refractivity contribution in [3.05, 3.63) is 47.3 Å². The summed E-state index contributed by atoms with van der Waals surface area (Å²) >= 11 is 0. The van der Waals surface area contributed by atoms with E-state index in [4.69, 9.17) is 10.3 Å². The van der Waals surface area contributed by atoms with Gasteiger partial charge < -0.3 is 20.1 Å². The van der Waals surface area contributed by atoms with Crippen molar-refractivity contribution in [1.29, 1.82) is 0 Å². The Hall–Kier alpha value is -2.87. The molecule has 33 heavy (non-hydrogen) atoms. The molecule has 0 spiro atoms. The number of primary amides is 1. The second-order valence-corrected chi connectivity index (χ2v) is 9.64. The van der Waals surface area contributed by atoms with Crippen LogP contribution in [-0.4, -0.2) is 66.0 Å². The molecule has 2 aromatic rings. The van der Waals surface area contributed by atoms with Crippen LogP contribution in [0.4, 0.5) is 5.69 Å². The van der Waals surface area contributed by atoms with Crippen LogP contribution in [0.15, 0.2) is 35.1 Å². The van der Waals surface area contributed by atoms with E-state index in [0.717, 1.165) is 80.9 Å². The van der Waals surface area contributed by atoms with Crippen molar-refractivity contribution in [3.63, 3.8) is 0 Å². The predicted octanol–water partition coefficient (Wildman–Crippen LogP) is 2.53. The number of nitrogens with two attached hydrogens (primary N) is 1. The summed E-state index contributed by atoms with van der Waals surface area (Å²) in [5.41, 5.74) is 8.79. The van der Waals surface area contributed by atoms with Gasteiger partial charge in [0.2, 0.25) is 5.91 Å². The average molecular weight is 452 g/mol. The Morgan fingerprint density at radius 3 is 2.30 bits per heavy atom. The van der Waals surface area contributed by atoms with Crippen LogP contribution in [0.5, 0.6) is 0 Å². The zero-order valence-corrected chi connectivity index (χ0v) is 19.2. The number of piperazine rings is 1. The van der Waals surface area contributed by atoms with E-state index >= 15 is 0 Å². The minimum Gasteiger partial charge on any atom is -0.371 e. The van der Waals surface area contributed by atoms with Gasteiger partial charge in [0.15, 0.2) is 0 Å². The Balaban J connectivity index is 1.36. The predicted molar refractivity (Wildman–Crippen MR) is 125 cm³/mol. The topological polar surface area (TPSA) is 95.9 Å². The van der Waals surface area contributed by atoms with Gasteiger partial charge in [0.05, 0.1) is 16.7 Å². The number of aromatic nitrogens is 1. The summed E-state index contributed by atoms with van der Waals surface area (Å²) in [6.07, 6.45) is 7.87. The van der Waals surface area contributed by atoms with Crippen LogP contribution >= 0.6 is 0 Å². The molecule has 0 bridgehead atoms. The van der Waals surface area contributed by atoms with Gasteiger partial charge in [0.25, 0.3) is 5.91 Å². The number of rotatable bonds is 6. The zero-order valence-electron chi connectivity index (χ0n) is 19.2. The maximum atomic E-state index is 13.6. The molecule has 8 heteroatoms. The minimum atomic E-state index is -0.547. The average Bonchev–Trinajstić information content (AvgIpc) is 3.57. The molecule has 2 amide bonds. The number of carbonyl (C=O) groups is 2. The Kier molecular flexibility index (Phi) is 6.10. The zero-order chi connectivity index (χ0) is 22.8. The lowest BCUT2D eigenvalue weighted by Gasteiger charge is -2.35. The molecular formula is C25H33N5O3. The second kappa shape index (κ2) is 9.17. The summed E-state index contributed by atoms with van der Waals surface area (Å²) in [7, 11) is 0. The summed E-state index contributed by atoms with van der Waals surface area (Å²) in [6.45, 7) is 5.60. The molecule has 3 aliphatic rings. The molecule has 1 aliphatic carbocycles. The van der Waals surface area contributed by atoms with E-state index in [1.807, 2.05) is 23.1 Å².